The summed E-state index contributed by atoms with van der Waals surface area (Å²) in [4.78, 5) is 15.2. The molecule has 0 saturated carbocycles. The Labute approximate surface area is 84.1 Å². The summed E-state index contributed by atoms with van der Waals surface area (Å²) in [6.45, 7) is 5.43. The number of carbonyl (C=O) groups is 1. The van der Waals surface area contributed by atoms with Crippen molar-refractivity contribution in [2.24, 2.45) is 0 Å². The van der Waals surface area contributed by atoms with E-state index in [1.54, 1.807) is 20.2 Å². The topological polar surface area (TPSA) is 39.2 Å². The van der Waals surface area contributed by atoms with E-state index in [0.717, 1.165) is 22.6 Å². The van der Waals surface area contributed by atoms with Gasteiger partial charge < -0.3 is 4.74 Å². The second-order valence-electron chi connectivity index (χ2n) is 3.42. The Morgan fingerprint density at radius 2 is 2.14 bits per heavy atom. The van der Waals surface area contributed by atoms with Gasteiger partial charge in [0.15, 0.2) is 0 Å². The number of aromatic nitrogens is 1. The Morgan fingerprint density at radius 3 is 2.64 bits per heavy atom. The zero-order valence-electron chi connectivity index (χ0n) is 9.05. The van der Waals surface area contributed by atoms with Crippen molar-refractivity contribution in [3.8, 4) is 5.75 Å². The van der Waals surface area contributed by atoms with E-state index < -0.39 is 0 Å². The molecule has 0 fully saturated rings. The van der Waals surface area contributed by atoms with Gasteiger partial charge in [-0.3, -0.25) is 9.78 Å². The quantitative estimate of drug-likeness (QED) is 0.735. The molecule has 3 heteroatoms. The normalized spacial score (nSPS) is 10.0. The number of ketones is 1. The number of carbonyl (C=O) groups excluding carboxylic acids is 1. The molecule has 1 aromatic rings. The van der Waals surface area contributed by atoms with Gasteiger partial charge in [0.05, 0.1) is 12.8 Å². The first-order valence-corrected chi connectivity index (χ1v) is 4.54. The second kappa shape index (κ2) is 4.22. The molecule has 0 aliphatic rings. The Bertz CT molecular complexity index is 359. The average molecular weight is 193 g/mol. The SMILES string of the molecule is COc1c(C)cnc(CC(C)=O)c1C. The van der Waals surface area contributed by atoms with Gasteiger partial charge in [0, 0.05) is 23.7 Å². The molecule has 1 heterocycles. The number of hydrogen-bond donors (Lipinski definition) is 0. The van der Waals surface area contributed by atoms with Crippen molar-refractivity contribution in [2.75, 3.05) is 7.11 Å². The van der Waals surface area contributed by atoms with Crippen LogP contribution in [-0.2, 0) is 11.2 Å². The number of methoxy groups -OCH3 is 1. The number of aryl methyl sites for hydroxylation is 1. The number of ether oxygens (including phenoxy) is 1. The summed E-state index contributed by atoms with van der Waals surface area (Å²) in [6, 6.07) is 0. The van der Waals surface area contributed by atoms with Crippen LogP contribution in [0.25, 0.3) is 0 Å². The van der Waals surface area contributed by atoms with Crippen molar-refractivity contribution in [2.45, 2.75) is 27.2 Å². The van der Waals surface area contributed by atoms with Crippen LogP contribution in [-0.4, -0.2) is 17.9 Å². The summed E-state index contributed by atoms with van der Waals surface area (Å²) in [5, 5.41) is 0. The van der Waals surface area contributed by atoms with Crippen LogP contribution in [0.5, 0.6) is 5.75 Å². The van der Waals surface area contributed by atoms with Gasteiger partial charge in [0.2, 0.25) is 0 Å². The van der Waals surface area contributed by atoms with Gasteiger partial charge in [-0.25, -0.2) is 0 Å². The van der Waals surface area contributed by atoms with Crippen LogP contribution in [0.3, 0.4) is 0 Å². The van der Waals surface area contributed by atoms with Gasteiger partial charge >= 0.3 is 0 Å². The fraction of sp³-hybridized carbons (Fsp3) is 0.455. The van der Waals surface area contributed by atoms with Crippen molar-refractivity contribution >= 4 is 5.78 Å². The lowest BCUT2D eigenvalue weighted by atomic mass is 10.1. The van der Waals surface area contributed by atoms with Crippen LogP contribution in [0, 0.1) is 13.8 Å². The third kappa shape index (κ3) is 2.10. The zero-order chi connectivity index (χ0) is 10.7. The maximum Gasteiger partial charge on any atom is 0.135 e. The predicted molar refractivity (Wildman–Crippen MR) is 54.6 cm³/mol. The summed E-state index contributed by atoms with van der Waals surface area (Å²) in [7, 11) is 1.63. The summed E-state index contributed by atoms with van der Waals surface area (Å²) >= 11 is 0. The van der Waals surface area contributed by atoms with Gasteiger partial charge in [-0.05, 0) is 20.8 Å². The van der Waals surface area contributed by atoms with Crippen LogP contribution in [0.2, 0.25) is 0 Å². The van der Waals surface area contributed by atoms with E-state index in [1.165, 1.54) is 0 Å². The minimum absolute atomic E-state index is 0.117. The van der Waals surface area contributed by atoms with Crippen molar-refractivity contribution in [3.05, 3.63) is 23.0 Å². The van der Waals surface area contributed by atoms with Gasteiger partial charge in [0.25, 0.3) is 0 Å². The summed E-state index contributed by atoms with van der Waals surface area (Å²) in [5.41, 5.74) is 2.76. The van der Waals surface area contributed by atoms with Gasteiger partial charge in [-0.15, -0.1) is 0 Å². The molecule has 0 aliphatic heterocycles. The molecule has 0 N–H and O–H groups in total. The lowest BCUT2D eigenvalue weighted by Gasteiger charge is -2.10. The maximum atomic E-state index is 11.0. The monoisotopic (exact) mass is 193 g/mol. The Morgan fingerprint density at radius 1 is 1.50 bits per heavy atom. The molecule has 1 rings (SSSR count). The first-order chi connectivity index (χ1) is 6.56. The maximum absolute atomic E-state index is 11.0. The molecular weight excluding hydrogens is 178 g/mol. The van der Waals surface area contributed by atoms with Crippen LogP contribution in [0.15, 0.2) is 6.20 Å². The number of hydrogen-bond acceptors (Lipinski definition) is 3. The van der Waals surface area contributed by atoms with Crippen LogP contribution < -0.4 is 4.74 Å². The first-order valence-electron chi connectivity index (χ1n) is 4.54. The molecule has 1 aromatic heterocycles. The molecule has 3 nitrogen and oxygen atoms in total. The highest BCUT2D eigenvalue weighted by atomic mass is 16.5. The highest BCUT2D eigenvalue weighted by molar-refractivity contribution is 5.78. The third-order valence-corrected chi connectivity index (χ3v) is 2.17. The second-order valence-corrected chi connectivity index (χ2v) is 3.42. The van der Waals surface area contributed by atoms with E-state index in [-0.39, 0.29) is 5.78 Å². The fourth-order valence-electron chi connectivity index (χ4n) is 1.49. The Hall–Kier alpha value is -1.38. The highest BCUT2D eigenvalue weighted by Crippen LogP contribution is 2.24. The standard InChI is InChI=1S/C11H15NO2/c1-7-6-12-10(5-8(2)13)9(3)11(7)14-4/h6H,5H2,1-4H3. The number of rotatable bonds is 3. The Kier molecular flexibility index (Phi) is 3.23. The molecule has 0 aromatic carbocycles. The molecule has 0 bridgehead atoms. The molecule has 0 unspecified atom stereocenters. The molecule has 76 valence electrons. The highest BCUT2D eigenvalue weighted by Gasteiger charge is 2.10. The molecular formula is C11H15NO2. The molecule has 14 heavy (non-hydrogen) atoms. The molecule has 0 aliphatic carbocycles. The first kappa shape index (κ1) is 10.7. The van der Waals surface area contributed by atoms with E-state index in [4.69, 9.17) is 4.74 Å². The molecule has 0 amide bonds. The smallest absolute Gasteiger partial charge is 0.135 e. The number of Topliss-reactive ketones (excluding diaryl/α,β-unsaturated/α-hetero) is 1. The fourth-order valence-corrected chi connectivity index (χ4v) is 1.49. The molecule has 0 saturated heterocycles. The summed E-state index contributed by atoms with van der Waals surface area (Å²) in [5.74, 6) is 0.947. The van der Waals surface area contributed by atoms with E-state index >= 15 is 0 Å². The summed E-state index contributed by atoms with van der Waals surface area (Å²) in [6.07, 6.45) is 2.12. The Balaban J connectivity index is 3.14. The minimum Gasteiger partial charge on any atom is -0.496 e. The number of nitrogens with zero attached hydrogens (tertiary/aromatic N) is 1. The van der Waals surface area contributed by atoms with E-state index in [2.05, 4.69) is 4.98 Å². The van der Waals surface area contributed by atoms with Crippen molar-refractivity contribution in [1.82, 2.24) is 4.98 Å². The van der Waals surface area contributed by atoms with Crippen LogP contribution >= 0.6 is 0 Å². The lowest BCUT2D eigenvalue weighted by molar-refractivity contribution is -0.116. The van der Waals surface area contributed by atoms with Gasteiger partial charge in [0.1, 0.15) is 11.5 Å². The van der Waals surface area contributed by atoms with Crippen molar-refractivity contribution < 1.29 is 9.53 Å². The average Bonchev–Trinajstić information content (AvgIpc) is 2.10. The minimum atomic E-state index is 0.117. The van der Waals surface area contributed by atoms with Crippen LogP contribution in [0.1, 0.15) is 23.7 Å². The molecule has 0 radical (unpaired) electrons. The van der Waals surface area contributed by atoms with E-state index in [1.807, 2.05) is 13.8 Å². The predicted octanol–water partition coefficient (Wildman–Crippen LogP) is 1.84. The lowest BCUT2D eigenvalue weighted by Crippen LogP contribution is -2.04. The largest absolute Gasteiger partial charge is 0.496 e. The zero-order valence-corrected chi connectivity index (χ0v) is 9.05. The number of pyridine rings is 1. The van der Waals surface area contributed by atoms with Gasteiger partial charge in [-0.1, -0.05) is 0 Å². The third-order valence-electron chi connectivity index (χ3n) is 2.17. The van der Waals surface area contributed by atoms with Crippen LogP contribution in [0.4, 0.5) is 0 Å². The van der Waals surface area contributed by atoms with E-state index in [9.17, 15) is 4.79 Å². The van der Waals surface area contributed by atoms with Crippen molar-refractivity contribution in [3.63, 3.8) is 0 Å². The molecule has 0 atom stereocenters. The van der Waals surface area contributed by atoms with Crippen molar-refractivity contribution in [1.29, 1.82) is 0 Å². The van der Waals surface area contributed by atoms with Gasteiger partial charge in [-0.2, -0.15) is 0 Å². The molecule has 0 spiro atoms. The summed E-state index contributed by atoms with van der Waals surface area (Å²) < 4.78 is 5.25. The van der Waals surface area contributed by atoms with E-state index in [0.29, 0.717) is 6.42 Å².